The van der Waals surface area contributed by atoms with Crippen LogP contribution >= 0.6 is 0 Å². The van der Waals surface area contributed by atoms with E-state index in [1.807, 2.05) is 19.9 Å². The minimum Gasteiger partial charge on any atom is -0.394 e. The molecule has 0 heterocycles. The van der Waals surface area contributed by atoms with Gasteiger partial charge < -0.3 is 10.8 Å². The van der Waals surface area contributed by atoms with Crippen molar-refractivity contribution < 1.29 is 5.11 Å². The topological polar surface area (TPSA) is 70.0 Å². The zero-order valence-electron chi connectivity index (χ0n) is 8.41. The average Bonchev–Trinajstić information content (AvgIpc) is 2.17. The molecule has 0 amide bonds. The third-order valence-corrected chi connectivity index (χ3v) is 2.33. The normalized spacial score (nSPS) is 12.2. The molecule has 0 aliphatic heterocycles. The van der Waals surface area contributed by atoms with Crippen molar-refractivity contribution >= 4 is 0 Å². The predicted molar refractivity (Wildman–Crippen MR) is 54.6 cm³/mol. The summed E-state index contributed by atoms with van der Waals surface area (Å²) in [4.78, 5) is 0. The number of rotatable bonds is 2. The SMILES string of the molecule is Cc1cc(C)c(C(N)CO)cc1C#N. The van der Waals surface area contributed by atoms with Gasteiger partial charge in [-0.3, -0.25) is 0 Å². The molecule has 3 heteroatoms. The number of nitrogens with zero attached hydrogens (tertiary/aromatic N) is 1. The van der Waals surface area contributed by atoms with E-state index >= 15 is 0 Å². The first-order chi connectivity index (χ1) is 6.60. The zero-order valence-corrected chi connectivity index (χ0v) is 8.41. The van der Waals surface area contributed by atoms with Crippen LogP contribution in [0.5, 0.6) is 0 Å². The Morgan fingerprint density at radius 1 is 1.43 bits per heavy atom. The van der Waals surface area contributed by atoms with Gasteiger partial charge in [0, 0.05) is 0 Å². The number of aryl methyl sites for hydroxylation is 2. The van der Waals surface area contributed by atoms with Gasteiger partial charge >= 0.3 is 0 Å². The van der Waals surface area contributed by atoms with Crippen LogP contribution in [0.4, 0.5) is 0 Å². The quantitative estimate of drug-likeness (QED) is 0.735. The van der Waals surface area contributed by atoms with Crippen molar-refractivity contribution in [3.05, 3.63) is 34.4 Å². The molecule has 0 aliphatic rings. The summed E-state index contributed by atoms with van der Waals surface area (Å²) >= 11 is 0. The fourth-order valence-corrected chi connectivity index (χ4v) is 1.49. The van der Waals surface area contributed by atoms with Crippen LogP contribution in [0, 0.1) is 25.2 Å². The molecule has 3 nitrogen and oxygen atoms in total. The van der Waals surface area contributed by atoms with Crippen LogP contribution in [-0.2, 0) is 0 Å². The minimum absolute atomic E-state index is 0.102. The lowest BCUT2D eigenvalue weighted by atomic mass is 9.96. The van der Waals surface area contributed by atoms with E-state index in [2.05, 4.69) is 6.07 Å². The molecule has 0 aromatic heterocycles. The van der Waals surface area contributed by atoms with E-state index in [1.54, 1.807) is 6.07 Å². The molecule has 1 unspecified atom stereocenters. The maximum absolute atomic E-state index is 8.94. The molecule has 0 saturated heterocycles. The van der Waals surface area contributed by atoms with Gasteiger partial charge in [0.1, 0.15) is 0 Å². The number of benzene rings is 1. The summed E-state index contributed by atoms with van der Waals surface area (Å²) in [7, 11) is 0. The van der Waals surface area contributed by atoms with E-state index in [0.717, 1.165) is 16.7 Å². The molecule has 0 spiro atoms. The van der Waals surface area contributed by atoms with Crippen LogP contribution < -0.4 is 5.73 Å². The predicted octanol–water partition coefficient (Wildman–Crippen LogP) is 1.17. The average molecular weight is 190 g/mol. The zero-order chi connectivity index (χ0) is 10.7. The molecular weight excluding hydrogens is 176 g/mol. The Morgan fingerprint density at radius 3 is 2.57 bits per heavy atom. The molecule has 1 rings (SSSR count). The van der Waals surface area contributed by atoms with Gasteiger partial charge in [0.25, 0.3) is 0 Å². The van der Waals surface area contributed by atoms with Crippen molar-refractivity contribution in [3.63, 3.8) is 0 Å². The van der Waals surface area contributed by atoms with E-state index < -0.39 is 6.04 Å². The molecule has 0 saturated carbocycles. The van der Waals surface area contributed by atoms with Gasteiger partial charge in [-0.05, 0) is 36.6 Å². The summed E-state index contributed by atoms with van der Waals surface area (Å²) in [6.45, 7) is 3.72. The maximum atomic E-state index is 8.94. The van der Waals surface area contributed by atoms with Crippen LogP contribution in [0.25, 0.3) is 0 Å². The highest BCUT2D eigenvalue weighted by Gasteiger charge is 2.10. The lowest BCUT2D eigenvalue weighted by molar-refractivity contribution is 0.267. The molecule has 0 bridgehead atoms. The van der Waals surface area contributed by atoms with E-state index in [9.17, 15) is 0 Å². The monoisotopic (exact) mass is 190 g/mol. The second-order valence-corrected chi connectivity index (χ2v) is 3.42. The summed E-state index contributed by atoms with van der Waals surface area (Å²) in [6, 6.07) is 5.38. The second-order valence-electron chi connectivity index (χ2n) is 3.42. The van der Waals surface area contributed by atoms with Crippen molar-refractivity contribution in [2.75, 3.05) is 6.61 Å². The van der Waals surface area contributed by atoms with Crippen molar-refractivity contribution in [2.24, 2.45) is 5.73 Å². The highest BCUT2D eigenvalue weighted by Crippen LogP contribution is 2.20. The highest BCUT2D eigenvalue weighted by molar-refractivity contribution is 5.44. The van der Waals surface area contributed by atoms with Crippen molar-refractivity contribution in [3.8, 4) is 6.07 Å². The van der Waals surface area contributed by atoms with Gasteiger partial charge in [-0.1, -0.05) is 6.07 Å². The lowest BCUT2D eigenvalue weighted by Gasteiger charge is -2.13. The maximum Gasteiger partial charge on any atom is 0.0994 e. The van der Waals surface area contributed by atoms with Gasteiger partial charge in [0.15, 0.2) is 0 Å². The van der Waals surface area contributed by atoms with Crippen molar-refractivity contribution in [1.29, 1.82) is 5.26 Å². The Morgan fingerprint density at radius 2 is 2.07 bits per heavy atom. The molecule has 1 aromatic rings. The van der Waals surface area contributed by atoms with E-state index in [1.165, 1.54) is 0 Å². The van der Waals surface area contributed by atoms with Crippen LogP contribution in [0.15, 0.2) is 12.1 Å². The Bertz CT molecular complexity index is 380. The molecule has 0 radical (unpaired) electrons. The molecule has 1 atom stereocenters. The van der Waals surface area contributed by atoms with Gasteiger partial charge in [-0.25, -0.2) is 0 Å². The van der Waals surface area contributed by atoms with Crippen LogP contribution in [0.1, 0.15) is 28.3 Å². The first-order valence-corrected chi connectivity index (χ1v) is 4.47. The number of aliphatic hydroxyl groups excluding tert-OH is 1. The van der Waals surface area contributed by atoms with Gasteiger partial charge in [-0.15, -0.1) is 0 Å². The molecule has 0 fully saturated rings. The number of hydrogen-bond donors (Lipinski definition) is 2. The number of nitrogens with two attached hydrogens (primary N) is 1. The summed E-state index contributed by atoms with van der Waals surface area (Å²) in [5, 5.41) is 17.8. The highest BCUT2D eigenvalue weighted by atomic mass is 16.3. The van der Waals surface area contributed by atoms with Crippen molar-refractivity contribution in [2.45, 2.75) is 19.9 Å². The lowest BCUT2D eigenvalue weighted by Crippen LogP contribution is -2.16. The van der Waals surface area contributed by atoms with E-state index in [4.69, 9.17) is 16.1 Å². The molecule has 14 heavy (non-hydrogen) atoms. The summed E-state index contributed by atoms with van der Waals surface area (Å²) in [5.41, 5.74) is 9.13. The molecule has 3 N–H and O–H groups in total. The molecule has 0 aliphatic carbocycles. The van der Waals surface area contributed by atoms with Gasteiger partial charge in [-0.2, -0.15) is 5.26 Å². The number of nitriles is 1. The Kier molecular flexibility index (Phi) is 3.23. The first-order valence-electron chi connectivity index (χ1n) is 4.47. The van der Waals surface area contributed by atoms with Gasteiger partial charge in [0.2, 0.25) is 0 Å². The van der Waals surface area contributed by atoms with Crippen molar-refractivity contribution in [1.82, 2.24) is 0 Å². The Labute approximate surface area is 83.8 Å². The first kappa shape index (κ1) is 10.7. The third-order valence-electron chi connectivity index (χ3n) is 2.33. The van der Waals surface area contributed by atoms with Crippen LogP contribution in [-0.4, -0.2) is 11.7 Å². The Balaban J connectivity index is 3.26. The third kappa shape index (κ3) is 1.92. The largest absolute Gasteiger partial charge is 0.394 e. The Hall–Kier alpha value is -1.37. The van der Waals surface area contributed by atoms with E-state index in [-0.39, 0.29) is 6.61 Å². The molecule has 1 aromatic carbocycles. The van der Waals surface area contributed by atoms with Gasteiger partial charge in [0.05, 0.1) is 24.3 Å². The number of aliphatic hydroxyl groups is 1. The van der Waals surface area contributed by atoms with Crippen LogP contribution in [0.3, 0.4) is 0 Å². The van der Waals surface area contributed by atoms with E-state index in [0.29, 0.717) is 5.56 Å². The fraction of sp³-hybridized carbons (Fsp3) is 0.364. The number of hydrogen-bond acceptors (Lipinski definition) is 3. The fourth-order valence-electron chi connectivity index (χ4n) is 1.49. The second kappa shape index (κ2) is 4.23. The summed E-state index contributed by atoms with van der Waals surface area (Å²) in [5.74, 6) is 0. The molecule has 74 valence electrons. The summed E-state index contributed by atoms with van der Waals surface area (Å²) in [6.07, 6.45) is 0. The standard InChI is InChI=1S/C11H14N2O/c1-7-3-8(2)10(11(13)6-14)4-9(7)5-12/h3-4,11,14H,6,13H2,1-2H3. The minimum atomic E-state index is -0.400. The summed E-state index contributed by atoms with van der Waals surface area (Å²) < 4.78 is 0. The smallest absolute Gasteiger partial charge is 0.0994 e. The van der Waals surface area contributed by atoms with Crippen LogP contribution in [0.2, 0.25) is 0 Å². The molecular formula is C11H14N2O.